The van der Waals surface area contributed by atoms with Gasteiger partial charge in [-0.05, 0) is 24.3 Å². The third-order valence-corrected chi connectivity index (χ3v) is 4.77. The molecule has 2 aromatic carbocycles. The van der Waals surface area contributed by atoms with Crippen LogP contribution in [0.1, 0.15) is 12.0 Å². The number of nitrogens with one attached hydrogen (secondary N) is 1. The maximum Gasteiger partial charge on any atom is 0.264 e. The molecule has 0 radical (unpaired) electrons. The van der Waals surface area contributed by atoms with E-state index in [-0.39, 0.29) is 11.4 Å². The van der Waals surface area contributed by atoms with Crippen molar-refractivity contribution in [3.05, 3.63) is 66.1 Å². The van der Waals surface area contributed by atoms with Crippen molar-refractivity contribution < 1.29 is 23.0 Å². The van der Waals surface area contributed by atoms with Gasteiger partial charge in [-0.1, -0.05) is 30.3 Å². The lowest BCUT2D eigenvalue weighted by atomic mass is 10.2. The average molecular weight is 348 g/mol. The Labute approximate surface area is 137 Å². The molecule has 0 aliphatic carbocycles. The number of pyridine rings is 1. The van der Waals surface area contributed by atoms with Gasteiger partial charge in [0, 0.05) is 5.39 Å². The van der Waals surface area contributed by atoms with Gasteiger partial charge in [0.2, 0.25) is 0 Å². The molecule has 3 N–H and O–H groups in total. The van der Waals surface area contributed by atoms with Crippen LogP contribution >= 0.6 is 0 Å². The van der Waals surface area contributed by atoms with E-state index in [1.54, 1.807) is 24.3 Å². The lowest BCUT2D eigenvalue weighted by Gasteiger charge is -2.14. The number of para-hydroxylation sites is 1. The molecule has 124 valence electrons. The number of rotatable bonds is 4. The zero-order chi connectivity index (χ0) is 17.3. The SMILES string of the molecule is O=S(=O)(Nc1cc2ccccc2nc1C(O)O)c1ccccc1F. The number of hydrogen-bond acceptors (Lipinski definition) is 5. The van der Waals surface area contributed by atoms with Crippen LogP contribution in [0.2, 0.25) is 0 Å². The van der Waals surface area contributed by atoms with Gasteiger partial charge < -0.3 is 10.2 Å². The fourth-order valence-corrected chi connectivity index (χ4v) is 3.42. The van der Waals surface area contributed by atoms with Crippen molar-refractivity contribution in [1.29, 1.82) is 0 Å². The minimum Gasteiger partial charge on any atom is -0.363 e. The summed E-state index contributed by atoms with van der Waals surface area (Å²) in [7, 11) is -4.26. The lowest BCUT2D eigenvalue weighted by molar-refractivity contribution is -0.0449. The summed E-state index contributed by atoms with van der Waals surface area (Å²) in [6.07, 6.45) is -1.99. The molecule has 6 nitrogen and oxygen atoms in total. The Morgan fingerprint density at radius 3 is 2.42 bits per heavy atom. The number of hydrogen-bond donors (Lipinski definition) is 3. The molecular formula is C16H13FN2O4S. The second-order valence-electron chi connectivity index (χ2n) is 5.02. The van der Waals surface area contributed by atoms with Gasteiger partial charge in [-0.2, -0.15) is 0 Å². The van der Waals surface area contributed by atoms with Gasteiger partial charge in [-0.3, -0.25) is 4.72 Å². The van der Waals surface area contributed by atoms with Crippen molar-refractivity contribution in [2.45, 2.75) is 11.2 Å². The summed E-state index contributed by atoms with van der Waals surface area (Å²) in [5, 5.41) is 19.5. The first-order chi connectivity index (χ1) is 11.4. The van der Waals surface area contributed by atoms with Crippen molar-refractivity contribution in [2.24, 2.45) is 0 Å². The molecule has 0 spiro atoms. The van der Waals surface area contributed by atoms with Crippen LogP contribution in [0.15, 0.2) is 59.5 Å². The molecule has 0 unspecified atom stereocenters. The molecule has 24 heavy (non-hydrogen) atoms. The summed E-state index contributed by atoms with van der Waals surface area (Å²) >= 11 is 0. The van der Waals surface area contributed by atoms with E-state index in [1.165, 1.54) is 18.2 Å². The van der Waals surface area contributed by atoms with Crippen LogP contribution in [-0.2, 0) is 10.0 Å². The number of aromatic nitrogens is 1. The van der Waals surface area contributed by atoms with E-state index >= 15 is 0 Å². The molecule has 8 heteroatoms. The molecule has 3 aromatic rings. The quantitative estimate of drug-likeness (QED) is 0.628. The Hall–Kier alpha value is -2.55. The van der Waals surface area contributed by atoms with Crippen molar-refractivity contribution in [3.63, 3.8) is 0 Å². The third kappa shape index (κ3) is 3.07. The van der Waals surface area contributed by atoms with Crippen LogP contribution in [-0.4, -0.2) is 23.6 Å². The molecule has 0 saturated carbocycles. The monoisotopic (exact) mass is 348 g/mol. The van der Waals surface area contributed by atoms with Crippen LogP contribution in [0.4, 0.5) is 10.1 Å². The van der Waals surface area contributed by atoms with E-state index in [9.17, 15) is 23.0 Å². The zero-order valence-corrected chi connectivity index (χ0v) is 13.0. The minimum absolute atomic E-state index is 0.132. The highest BCUT2D eigenvalue weighted by molar-refractivity contribution is 7.92. The molecule has 0 aliphatic rings. The number of nitrogens with zero attached hydrogens (tertiary/aromatic N) is 1. The highest BCUT2D eigenvalue weighted by Gasteiger charge is 2.22. The van der Waals surface area contributed by atoms with Crippen LogP contribution in [0, 0.1) is 5.82 Å². The van der Waals surface area contributed by atoms with Gasteiger partial charge in [0.1, 0.15) is 16.4 Å². The van der Waals surface area contributed by atoms with Gasteiger partial charge in [0.25, 0.3) is 10.0 Å². The molecule has 0 atom stereocenters. The topological polar surface area (TPSA) is 99.5 Å². The van der Waals surface area contributed by atoms with Gasteiger partial charge in [0.05, 0.1) is 11.2 Å². The second kappa shape index (κ2) is 6.16. The normalized spacial score (nSPS) is 11.8. The number of aliphatic hydroxyl groups is 2. The first-order valence-electron chi connectivity index (χ1n) is 6.91. The van der Waals surface area contributed by atoms with Gasteiger partial charge in [-0.15, -0.1) is 0 Å². The summed E-state index contributed by atoms with van der Waals surface area (Å²) in [4.78, 5) is 3.51. The van der Waals surface area contributed by atoms with Gasteiger partial charge in [-0.25, -0.2) is 17.8 Å². The van der Waals surface area contributed by atoms with E-state index in [0.717, 1.165) is 12.1 Å². The Balaban J connectivity index is 2.12. The molecule has 1 aromatic heterocycles. The second-order valence-corrected chi connectivity index (χ2v) is 6.67. The van der Waals surface area contributed by atoms with Crippen molar-refractivity contribution in [2.75, 3.05) is 4.72 Å². The van der Waals surface area contributed by atoms with E-state index < -0.39 is 27.0 Å². The van der Waals surface area contributed by atoms with E-state index in [4.69, 9.17) is 0 Å². The summed E-state index contributed by atoms with van der Waals surface area (Å²) < 4.78 is 40.7. The summed E-state index contributed by atoms with van der Waals surface area (Å²) in [6.45, 7) is 0. The summed E-state index contributed by atoms with van der Waals surface area (Å²) in [5.74, 6) is -0.912. The third-order valence-electron chi connectivity index (χ3n) is 3.37. The molecule has 0 fully saturated rings. The summed E-state index contributed by atoms with van der Waals surface area (Å²) in [5.41, 5.74) is 0.0648. The molecule has 0 aliphatic heterocycles. The fraction of sp³-hybridized carbons (Fsp3) is 0.0625. The van der Waals surface area contributed by atoms with E-state index in [1.807, 2.05) is 0 Å². The predicted molar refractivity (Wildman–Crippen MR) is 86.1 cm³/mol. The molecular weight excluding hydrogens is 335 g/mol. The van der Waals surface area contributed by atoms with Crippen LogP contribution in [0.3, 0.4) is 0 Å². The van der Waals surface area contributed by atoms with Crippen LogP contribution in [0.5, 0.6) is 0 Å². The maximum absolute atomic E-state index is 13.8. The molecule has 0 saturated heterocycles. The predicted octanol–water partition coefficient (Wildman–Crippen LogP) is 2.16. The first-order valence-corrected chi connectivity index (χ1v) is 8.40. The minimum atomic E-state index is -4.26. The zero-order valence-electron chi connectivity index (χ0n) is 12.2. The number of halogens is 1. The van der Waals surface area contributed by atoms with Crippen molar-refractivity contribution >= 4 is 26.6 Å². The summed E-state index contributed by atoms with van der Waals surface area (Å²) in [6, 6.07) is 13.1. The number of anilines is 1. The largest absolute Gasteiger partial charge is 0.363 e. The van der Waals surface area contributed by atoms with Crippen LogP contribution < -0.4 is 4.72 Å². The Kier molecular flexibility index (Phi) is 4.18. The number of aliphatic hydroxyl groups excluding tert-OH is 1. The Bertz CT molecular complexity index is 1010. The van der Waals surface area contributed by atoms with E-state index in [0.29, 0.717) is 10.9 Å². The standard InChI is InChI=1S/C16H13FN2O4S/c17-11-6-2-4-8-14(11)24(22,23)19-13-9-10-5-1-3-7-12(10)18-15(13)16(20)21/h1-9,16,19-21H. The highest BCUT2D eigenvalue weighted by Crippen LogP contribution is 2.27. The Morgan fingerprint density at radius 1 is 1.04 bits per heavy atom. The molecule has 3 rings (SSSR count). The maximum atomic E-state index is 13.8. The number of benzene rings is 2. The lowest BCUT2D eigenvalue weighted by Crippen LogP contribution is -2.17. The number of sulfonamides is 1. The number of fused-ring (bicyclic) bond motifs is 1. The van der Waals surface area contributed by atoms with Crippen molar-refractivity contribution in [1.82, 2.24) is 4.98 Å². The van der Waals surface area contributed by atoms with Gasteiger partial charge >= 0.3 is 0 Å². The Morgan fingerprint density at radius 2 is 1.71 bits per heavy atom. The first kappa shape index (κ1) is 16.3. The molecule has 1 heterocycles. The van der Waals surface area contributed by atoms with Crippen molar-refractivity contribution in [3.8, 4) is 0 Å². The van der Waals surface area contributed by atoms with E-state index in [2.05, 4.69) is 9.71 Å². The van der Waals surface area contributed by atoms with Gasteiger partial charge in [0.15, 0.2) is 6.29 Å². The highest BCUT2D eigenvalue weighted by atomic mass is 32.2. The van der Waals surface area contributed by atoms with Crippen LogP contribution in [0.25, 0.3) is 10.9 Å². The fourth-order valence-electron chi connectivity index (χ4n) is 2.27. The average Bonchev–Trinajstić information content (AvgIpc) is 2.54. The smallest absolute Gasteiger partial charge is 0.264 e. The molecule has 0 amide bonds. The molecule has 0 bridgehead atoms.